The molecule has 0 bridgehead atoms. The van der Waals surface area contributed by atoms with Gasteiger partial charge in [0.2, 0.25) is 0 Å². The average Bonchev–Trinajstić information content (AvgIpc) is 3.26. The van der Waals surface area contributed by atoms with Crippen molar-refractivity contribution in [1.29, 1.82) is 0 Å². The van der Waals surface area contributed by atoms with Gasteiger partial charge in [-0.2, -0.15) is 9.61 Å². The first-order chi connectivity index (χ1) is 16.0. The Bertz CT molecular complexity index is 1280. The average molecular weight is 507 g/mol. The van der Waals surface area contributed by atoms with Gasteiger partial charge in [0.25, 0.3) is 0 Å². The Morgan fingerprint density at radius 3 is 2.64 bits per heavy atom. The second-order valence-electron chi connectivity index (χ2n) is 8.51. The summed E-state index contributed by atoms with van der Waals surface area (Å²) in [6.45, 7) is 5.79. The summed E-state index contributed by atoms with van der Waals surface area (Å²) in [6.07, 6.45) is 5.67. The molecule has 1 aromatic carbocycles. The first-order valence-electron chi connectivity index (χ1n) is 11.2. The van der Waals surface area contributed by atoms with Crippen molar-refractivity contribution in [2.45, 2.75) is 38.8 Å². The molecule has 1 saturated heterocycles. The van der Waals surface area contributed by atoms with Gasteiger partial charge < -0.3 is 15.8 Å². The van der Waals surface area contributed by atoms with Crippen LogP contribution < -0.4 is 11.1 Å². The van der Waals surface area contributed by atoms with Crippen LogP contribution in [0.5, 0.6) is 0 Å². The minimum Gasteiger partial charge on any atom is -0.383 e. The van der Waals surface area contributed by atoms with Crippen LogP contribution in [0.3, 0.4) is 0 Å². The Kier molecular flexibility index (Phi) is 6.14. The van der Waals surface area contributed by atoms with E-state index in [0.717, 1.165) is 64.3 Å². The lowest BCUT2D eigenvalue weighted by Crippen LogP contribution is -2.37. The quantitative estimate of drug-likeness (QED) is 0.398. The zero-order chi connectivity index (χ0) is 22.9. The number of ether oxygens (including phenoxy) is 1. The maximum absolute atomic E-state index is 6.45. The molecule has 1 aliphatic heterocycles. The zero-order valence-corrected chi connectivity index (χ0v) is 20.3. The molecule has 4 aromatic rings. The third kappa shape index (κ3) is 4.26. The molecule has 0 aliphatic carbocycles. The number of hydrogen-bond donors (Lipinski definition) is 2. The second-order valence-corrected chi connectivity index (χ2v) is 9.30. The molecule has 3 N–H and O–H groups in total. The van der Waals surface area contributed by atoms with Crippen molar-refractivity contribution in [1.82, 2.24) is 24.9 Å². The lowest BCUT2D eigenvalue weighted by molar-refractivity contribution is 0.0753. The van der Waals surface area contributed by atoms with Crippen molar-refractivity contribution < 1.29 is 4.74 Å². The number of rotatable bonds is 5. The maximum atomic E-state index is 6.45. The Morgan fingerprint density at radius 1 is 1.12 bits per heavy atom. The van der Waals surface area contributed by atoms with Crippen molar-refractivity contribution in [3.63, 3.8) is 0 Å². The molecular formula is C25H27BrN6O. The lowest BCUT2D eigenvalue weighted by atomic mass is 10.0. The van der Waals surface area contributed by atoms with E-state index in [4.69, 9.17) is 20.4 Å². The number of nitrogen functional groups attached to an aromatic ring is 1. The summed E-state index contributed by atoms with van der Waals surface area (Å²) < 4.78 is 7.93. The minimum absolute atomic E-state index is 0.0269. The van der Waals surface area contributed by atoms with E-state index >= 15 is 0 Å². The van der Waals surface area contributed by atoms with Crippen molar-refractivity contribution >= 4 is 27.4 Å². The van der Waals surface area contributed by atoms with Crippen molar-refractivity contribution in [2.75, 3.05) is 18.9 Å². The molecule has 33 heavy (non-hydrogen) atoms. The Morgan fingerprint density at radius 2 is 1.91 bits per heavy atom. The van der Waals surface area contributed by atoms with Crippen LogP contribution in [0, 0.1) is 6.92 Å². The summed E-state index contributed by atoms with van der Waals surface area (Å²) in [7, 11) is 0. The molecule has 170 valence electrons. The number of nitrogens with zero attached hydrogens (tertiary/aromatic N) is 4. The molecule has 1 atom stereocenters. The van der Waals surface area contributed by atoms with Crippen LogP contribution in [0.25, 0.3) is 28.0 Å². The fraction of sp³-hybridized carbons (Fsp3) is 0.320. The van der Waals surface area contributed by atoms with Gasteiger partial charge in [-0.25, -0.2) is 4.98 Å². The van der Waals surface area contributed by atoms with Crippen LogP contribution in [-0.2, 0) is 4.74 Å². The summed E-state index contributed by atoms with van der Waals surface area (Å²) >= 11 is 3.65. The summed E-state index contributed by atoms with van der Waals surface area (Å²) in [5.41, 5.74) is 13.2. The predicted octanol–water partition coefficient (Wildman–Crippen LogP) is 4.94. The van der Waals surface area contributed by atoms with Gasteiger partial charge in [-0.3, -0.25) is 4.98 Å². The molecule has 1 aliphatic rings. The van der Waals surface area contributed by atoms with E-state index in [1.54, 1.807) is 10.7 Å². The highest BCUT2D eigenvalue weighted by Gasteiger charge is 2.23. The molecule has 0 spiro atoms. The Balaban J connectivity index is 1.50. The third-order valence-corrected chi connectivity index (χ3v) is 7.07. The molecule has 4 heterocycles. The number of halogens is 1. The monoisotopic (exact) mass is 506 g/mol. The zero-order valence-electron chi connectivity index (χ0n) is 18.8. The van der Waals surface area contributed by atoms with Gasteiger partial charge in [0.05, 0.1) is 22.1 Å². The number of nitrogens with two attached hydrogens (primary N) is 1. The second kappa shape index (κ2) is 9.21. The van der Waals surface area contributed by atoms with Gasteiger partial charge in [-0.1, -0.05) is 30.3 Å². The van der Waals surface area contributed by atoms with Gasteiger partial charge in [-0.05, 0) is 54.2 Å². The normalized spacial score (nSPS) is 15.7. The molecule has 7 nitrogen and oxygen atoms in total. The van der Waals surface area contributed by atoms with Gasteiger partial charge in [0.1, 0.15) is 5.82 Å². The molecule has 0 amide bonds. The number of fused-ring (bicyclic) bond motifs is 1. The van der Waals surface area contributed by atoms with Crippen LogP contribution in [0.1, 0.15) is 37.1 Å². The third-order valence-electron chi connectivity index (χ3n) is 6.26. The summed E-state index contributed by atoms with van der Waals surface area (Å²) in [5.74, 6) is 0.534. The number of pyridine rings is 1. The molecular weight excluding hydrogens is 480 g/mol. The number of anilines is 1. The minimum atomic E-state index is 0.0269. The summed E-state index contributed by atoms with van der Waals surface area (Å²) in [5, 5.41) is 8.18. The molecule has 1 unspecified atom stereocenters. The first kappa shape index (κ1) is 22.0. The number of aryl methyl sites for hydroxylation is 1. The largest absolute Gasteiger partial charge is 0.383 e. The SMILES string of the molecule is Cc1ccccc1-c1ccc(-c2cnn3c(N)c(Br)c(C(C)NC4CCOCC4)nc23)cn1. The molecule has 0 radical (unpaired) electrons. The van der Waals surface area contributed by atoms with Crippen molar-refractivity contribution in [2.24, 2.45) is 0 Å². The fourth-order valence-corrected chi connectivity index (χ4v) is 4.97. The van der Waals surface area contributed by atoms with Gasteiger partial charge in [0, 0.05) is 48.2 Å². The Hall–Kier alpha value is -2.81. The highest BCUT2D eigenvalue weighted by Crippen LogP contribution is 2.33. The van der Waals surface area contributed by atoms with E-state index < -0.39 is 0 Å². The smallest absolute Gasteiger partial charge is 0.165 e. The molecule has 1 fully saturated rings. The number of hydrogen-bond acceptors (Lipinski definition) is 6. The van der Waals surface area contributed by atoms with Gasteiger partial charge in [0.15, 0.2) is 5.65 Å². The Labute approximate surface area is 201 Å². The molecule has 0 saturated carbocycles. The van der Waals surface area contributed by atoms with E-state index in [2.05, 4.69) is 58.4 Å². The van der Waals surface area contributed by atoms with Crippen LogP contribution in [-0.4, -0.2) is 38.8 Å². The van der Waals surface area contributed by atoms with E-state index in [1.807, 2.05) is 24.4 Å². The van der Waals surface area contributed by atoms with Crippen LogP contribution in [0.4, 0.5) is 5.82 Å². The van der Waals surface area contributed by atoms with E-state index in [9.17, 15) is 0 Å². The highest BCUT2D eigenvalue weighted by atomic mass is 79.9. The van der Waals surface area contributed by atoms with Crippen molar-refractivity contribution in [3.8, 4) is 22.4 Å². The van der Waals surface area contributed by atoms with Crippen LogP contribution in [0.2, 0.25) is 0 Å². The number of aromatic nitrogens is 4. The molecule has 3 aromatic heterocycles. The maximum Gasteiger partial charge on any atom is 0.165 e. The highest BCUT2D eigenvalue weighted by molar-refractivity contribution is 9.10. The predicted molar refractivity (Wildman–Crippen MR) is 134 cm³/mol. The standard InChI is InChI=1S/C25H27BrN6O/c1-15-5-3-4-6-19(15)21-8-7-17(13-28-21)20-14-29-32-24(27)22(26)23(31-25(20)32)16(2)30-18-9-11-33-12-10-18/h3-8,13-14,16,18,30H,9-12,27H2,1-2H3. The lowest BCUT2D eigenvalue weighted by Gasteiger charge is -2.27. The van der Waals surface area contributed by atoms with E-state index in [0.29, 0.717) is 11.9 Å². The molecule has 8 heteroatoms. The topological polar surface area (TPSA) is 90.4 Å². The summed E-state index contributed by atoms with van der Waals surface area (Å²) in [6, 6.07) is 12.8. The van der Waals surface area contributed by atoms with E-state index in [-0.39, 0.29) is 6.04 Å². The summed E-state index contributed by atoms with van der Waals surface area (Å²) in [4.78, 5) is 9.70. The van der Waals surface area contributed by atoms with Crippen molar-refractivity contribution in [3.05, 3.63) is 64.5 Å². The van der Waals surface area contributed by atoms with Crippen LogP contribution in [0.15, 0.2) is 53.3 Å². The van der Waals surface area contributed by atoms with Gasteiger partial charge >= 0.3 is 0 Å². The fourth-order valence-electron chi connectivity index (χ4n) is 4.37. The first-order valence-corrected chi connectivity index (χ1v) is 12.0. The van der Waals surface area contributed by atoms with Crippen LogP contribution >= 0.6 is 15.9 Å². The van der Waals surface area contributed by atoms with E-state index in [1.165, 1.54) is 5.56 Å². The molecule has 5 rings (SSSR count). The number of benzene rings is 1. The number of nitrogens with one attached hydrogen (secondary N) is 1. The van der Waals surface area contributed by atoms with Gasteiger partial charge in [-0.15, -0.1) is 0 Å².